The summed E-state index contributed by atoms with van der Waals surface area (Å²) < 4.78 is 13.3. The zero-order chi connectivity index (χ0) is 10.4. The maximum absolute atomic E-state index is 13.3. The van der Waals surface area contributed by atoms with Crippen molar-refractivity contribution in [3.8, 4) is 0 Å². The van der Waals surface area contributed by atoms with Gasteiger partial charge in [-0.3, -0.25) is 0 Å². The predicted molar refractivity (Wildman–Crippen MR) is 57.6 cm³/mol. The molecule has 0 spiro atoms. The van der Waals surface area contributed by atoms with E-state index in [1.165, 1.54) is 6.07 Å². The van der Waals surface area contributed by atoms with Gasteiger partial charge in [-0.05, 0) is 26.0 Å². The minimum Gasteiger partial charge on any atom is -0.310 e. The van der Waals surface area contributed by atoms with E-state index >= 15 is 0 Å². The van der Waals surface area contributed by atoms with Crippen molar-refractivity contribution in [1.82, 2.24) is 5.32 Å². The van der Waals surface area contributed by atoms with Crippen molar-refractivity contribution >= 4 is 0 Å². The molecule has 0 bridgehead atoms. The standard InChI is InChI=1S/C12H16FN/c1-3-4-9-14-10(2)11-7-5-6-8-12(11)13/h3,5-8,10,14H,1,4,9H2,2H3/t10-/m1/s1. The lowest BCUT2D eigenvalue weighted by Crippen LogP contribution is -2.20. The van der Waals surface area contributed by atoms with E-state index in [0.717, 1.165) is 18.5 Å². The first-order valence-electron chi connectivity index (χ1n) is 4.84. The molecule has 1 N–H and O–H groups in total. The third-order valence-corrected chi connectivity index (χ3v) is 2.17. The fourth-order valence-electron chi connectivity index (χ4n) is 1.34. The van der Waals surface area contributed by atoms with Crippen LogP contribution in [0.25, 0.3) is 0 Å². The second-order valence-electron chi connectivity index (χ2n) is 3.27. The Morgan fingerprint density at radius 3 is 2.86 bits per heavy atom. The number of hydrogen-bond acceptors (Lipinski definition) is 1. The highest BCUT2D eigenvalue weighted by molar-refractivity contribution is 5.20. The Labute approximate surface area is 84.6 Å². The lowest BCUT2D eigenvalue weighted by atomic mass is 10.1. The second kappa shape index (κ2) is 5.55. The molecular formula is C12H16FN. The molecule has 0 aromatic heterocycles. The molecule has 1 aromatic carbocycles. The normalized spacial score (nSPS) is 12.4. The molecule has 76 valence electrons. The number of hydrogen-bond donors (Lipinski definition) is 1. The van der Waals surface area contributed by atoms with Crippen molar-refractivity contribution in [2.45, 2.75) is 19.4 Å². The van der Waals surface area contributed by atoms with E-state index < -0.39 is 0 Å². The largest absolute Gasteiger partial charge is 0.310 e. The number of nitrogens with one attached hydrogen (secondary N) is 1. The van der Waals surface area contributed by atoms with Gasteiger partial charge in [-0.15, -0.1) is 6.58 Å². The molecule has 1 nitrogen and oxygen atoms in total. The van der Waals surface area contributed by atoms with Crippen LogP contribution in [0.3, 0.4) is 0 Å². The van der Waals surface area contributed by atoms with Gasteiger partial charge < -0.3 is 5.32 Å². The highest BCUT2D eigenvalue weighted by Gasteiger charge is 2.07. The van der Waals surface area contributed by atoms with E-state index in [-0.39, 0.29) is 11.9 Å². The van der Waals surface area contributed by atoms with Gasteiger partial charge in [0.2, 0.25) is 0 Å². The van der Waals surface area contributed by atoms with Gasteiger partial charge in [-0.25, -0.2) is 4.39 Å². The first-order chi connectivity index (χ1) is 6.75. The van der Waals surface area contributed by atoms with E-state index in [9.17, 15) is 4.39 Å². The van der Waals surface area contributed by atoms with E-state index in [4.69, 9.17) is 0 Å². The molecule has 0 radical (unpaired) electrons. The molecule has 0 saturated carbocycles. The number of halogens is 1. The highest BCUT2D eigenvalue weighted by Crippen LogP contribution is 2.15. The molecule has 1 rings (SSSR count). The molecule has 0 amide bonds. The Balaban J connectivity index is 2.55. The van der Waals surface area contributed by atoms with E-state index in [0.29, 0.717) is 0 Å². The maximum Gasteiger partial charge on any atom is 0.127 e. The van der Waals surface area contributed by atoms with Gasteiger partial charge in [0.25, 0.3) is 0 Å². The van der Waals surface area contributed by atoms with Gasteiger partial charge in [0.05, 0.1) is 0 Å². The highest BCUT2D eigenvalue weighted by atomic mass is 19.1. The summed E-state index contributed by atoms with van der Waals surface area (Å²) >= 11 is 0. The quantitative estimate of drug-likeness (QED) is 0.560. The molecule has 0 heterocycles. The second-order valence-corrected chi connectivity index (χ2v) is 3.27. The van der Waals surface area contributed by atoms with E-state index in [1.807, 2.05) is 19.1 Å². The fraction of sp³-hybridized carbons (Fsp3) is 0.333. The van der Waals surface area contributed by atoms with Crippen LogP contribution in [0.2, 0.25) is 0 Å². The lowest BCUT2D eigenvalue weighted by molar-refractivity contribution is 0.533. The Bertz CT molecular complexity index is 296. The summed E-state index contributed by atoms with van der Waals surface area (Å²) in [7, 11) is 0. The molecule has 0 aliphatic rings. The average molecular weight is 193 g/mol. The van der Waals surface area contributed by atoms with Gasteiger partial charge in [0.15, 0.2) is 0 Å². The number of rotatable bonds is 5. The molecule has 0 aliphatic heterocycles. The summed E-state index contributed by atoms with van der Waals surface area (Å²) in [6.07, 6.45) is 2.75. The van der Waals surface area contributed by atoms with Gasteiger partial charge in [-0.2, -0.15) is 0 Å². The molecule has 0 unspecified atom stereocenters. The topological polar surface area (TPSA) is 12.0 Å². The monoisotopic (exact) mass is 193 g/mol. The van der Waals surface area contributed by atoms with Gasteiger partial charge in [0.1, 0.15) is 5.82 Å². The van der Waals surface area contributed by atoms with E-state index in [1.54, 1.807) is 12.1 Å². The Morgan fingerprint density at radius 2 is 2.21 bits per heavy atom. The van der Waals surface area contributed by atoms with Crippen molar-refractivity contribution in [3.63, 3.8) is 0 Å². The van der Waals surface area contributed by atoms with Crippen LogP contribution in [0.5, 0.6) is 0 Å². The Morgan fingerprint density at radius 1 is 1.50 bits per heavy atom. The van der Waals surface area contributed by atoms with Crippen molar-refractivity contribution in [3.05, 3.63) is 48.3 Å². The number of benzene rings is 1. The summed E-state index contributed by atoms with van der Waals surface area (Å²) in [4.78, 5) is 0. The van der Waals surface area contributed by atoms with Gasteiger partial charge >= 0.3 is 0 Å². The SMILES string of the molecule is C=CCCN[C@H](C)c1ccccc1F. The van der Waals surface area contributed by atoms with Crippen LogP contribution in [0, 0.1) is 5.82 Å². The van der Waals surface area contributed by atoms with Crippen LogP contribution < -0.4 is 5.32 Å². The average Bonchev–Trinajstić information content (AvgIpc) is 2.18. The molecule has 14 heavy (non-hydrogen) atoms. The van der Waals surface area contributed by atoms with Crippen LogP contribution in [0.4, 0.5) is 4.39 Å². The lowest BCUT2D eigenvalue weighted by Gasteiger charge is -2.13. The first kappa shape index (κ1) is 10.9. The van der Waals surface area contributed by atoms with Crippen molar-refractivity contribution in [2.24, 2.45) is 0 Å². The Hall–Kier alpha value is -1.15. The molecule has 0 fully saturated rings. The predicted octanol–water partition coefficient (Wildman–Crippen LogP) is 3.05. The minimum absolute atomic E-state index is 0.0520. The van der Waals surface area contributed by atoms with Crippen molar-refractivity contribution in [2.75, 3.05) is 6.54 Å². The summed E-state index contributed by atoms with van der Waals surface area (Å²) in [6.45, 7) is 6.43. The first-order valence-corrected chi connectivity index (χ1v) is 4.84. The molecule has 2 heteroatoms. The van der Waals surface area contributed by atoms with Crippen LogP contribution in [0.15, 0.2) is 36.9 Å². The molecule has 0 saturated heterocycles. The third kappa shape index (κ3) is 2.96. The smallest absolute Gasteiger partial charge is 0.127 e. The zero-order valence-corrected chi connectivity index (χ0v) is 8.46. The molecule has 1 aromatic rings. The summed E-state index contributed by atoms with van der Waals surface area (Å²) in [5, 5.41) is 3.23. The third-order valence-electron chi connectivity index (χ3n) is 2.17. The molecule has 0 aliphatic carbocycles. The van der Waals surface area contributed by atoms with E-state index in [2.05, 4.69) is 11.9 Å². The zero-order valence-electron chi connectivity index (χ0n) is 8.46. The minimum atomic E-state index is -0.147. The fourth-order valence-corrected chi connectivity index (χ4v) is 1.34. The van der Waals surface area contributed by atoms with Crippen LogP contribution in [-0.2, 0) is 0 Å². The van der Waals surface area contributed by atoms with Gasteiger partial charge in [-0.1, -0.05) is 24.3 Å². The van der Waals surface area contributed by atoms with Gasteiger partial charge in [0, 0.05) is 11.6 Å². The van der Waals surface area contributed by atoms with Crippen LogP contribution >= 0.6 is 0 Å². The molecular weight excluding hydrogens is 177 g/mol. The van der Waals surface area contributed by atoms with Crippen molar-refractivity contribution < 1.29 is 4.39 Å². The van der Waals surface area contributed by atoms with Crippen LogP contribution in [-0.4, -0.2) is 6.54 Å². The van der Waals surface area contributed by atoms with Crippen LogP contribution in [0.1, 0.15) is 24.9 Å². The maximum atomic E-state index is 13.3. The summed E-state index contributed by atoms with van der Waals surface area (Å²) in [5.41, 5.74) is 0.719. The summed E-state index contributed by atoms with van der Waals surface area (Å²) in [5.74, 6) is -0.147. The summed E-state index contributed by atoms with van der Waals surface area (Å²) in [6, 6.07) is 6.90. The molecule has 1 atom stereocenters. The Kier molecular flexibility index (Phi) is 4.33. The van der Waals surface area contributed by atoms with Crippen molar-refractivity contribution in [1.29, 1.82) is 0 Å².